The van der Waals surface area contributed by atoms with Gasteiger partial charge in [0.15, 0.2) is 6.10 Å². The van der Waals surface area contributed by atoms with Gasteiger partial charge in [-0.25, -0.2) is 0 Å². The molecule has 0 bridgehead atoms. The monoisotopic (exact) mass is 261 g/mol. The number of hydrogen-bond donors (Lipinski definition) is 1. The number of benzene rings is 1. The molecule has 1 amide bonds. The van der Waals surface area contributed by atoms with E-state index >= 15 is 0 Å². The molecule has 2 rings (SSSR count). The van der Waals surface area contributed by atoms with Crippen LogP contribution in [0.5, 0.6) is 5.75 Å². The number of nitrogen functional groups attached to an aromatic ring is 1. The smallest absolute Gasteiger partial charge is 0.254 e. The second-order valence-corrected chi connectivity index (χ2v) is 4.20. The summed E-state index contributed by atoms with van der Waals surface area (Å²) in [5.41, 5.74) is 6.68. The number of hydrogen-bond acceptors (Lipinski definition) is 5. The normalized spacial score (nSPS) is 18.7. The molecule has 0 aliphatic carbocycles. The molecule has 1 aliphatic rings. The Kier molecular flexibility index (Phi) is 3.88. The van der Waals surface area contributed by atoms with Gasteiger partial charge in [0, 0.05) is 12.1 Å². The molecule has 0 aromatic heterocycles. The van der Waals surface area contributed by atoms with E-state index in [0.717, 1.165) is 0 Å². The Morgan fingerprint density at radius 3 is 3.05 bits per heavy atom. The fraction of sp³-hybridized carbons (Fsp3) is 0.385. The summed E-state index contributed by atoms with van der Waals surface area (Å²) in [4.78, 5) is 13.9. The average Bonchev–Trinajstić information content (AvgIpc) is 2.46. The Morgan fingerprint density at radius 2 is 2.42 bits per heavy atom. The maximum atomic E-state index is 12.3. The zero-order chi connectivity index (χ0) is 13.8. The summed E-state index contributed by atoms with van der Waals surface area (Å²) in [5, 5.41) is 8.82. The first kappa shape index (κ1) is 13.2. The van der Waals surface area contributed by atoms with Crippen molar-refractivity contribution in [2.45, 2.75) is 6.10 Å². The predicted molar refractivity (Wildman–Crippen MR) is 68.7 cm³/mol. The van der Waals surface area contributed by atoms with Gasteiger partial charge in [0.25, 0.3) is 5.91 Å². The quantitative estimate of drug-likeness (QED) is 0.789. The summed E-state index contributed by atoms with van der Waals surface area (Å²) in [6, 6.07) is 6.91. The number of amides is 1. The highest BCUT2D eigenvalue weighted by atomic mass is 16.5. The van der Waals surface area contributed by atoms with E-state index in [1.807, 2.05) is 6.07 Å². The fourth-order valence-electron chi connectivity index (χ4n) is 1.96. The first-order valence-electron chi connectivity index (χ1n) is 5.89. The van der Waals surface area contributed by atoms with Gasteiger partial charge < -0.3 is 20.1 Å². The number of anilines is 1. The van der Waals surface area contributed by atoms with Gasteiger partial charge in [0.2, 0.25) is 0 Å². The first-order valence-corrected chi connectivity index (χ1v) is 5.89. The van der Waals surface area contributed by atoms with E-state index in [2.05, 4.69) is 0 Å². The summed E-state index contributed by atoms with van der Waals surface area (Å²) in [5.74, 6) is 0.381. The van der Waals surface area contributed by atoms with Gasteiger partial charge in [0.05, 0.1) is 32.0 Å². The number of carbonyl (C=O) groups excluding carboxylic acids is 1. The zero-order valence-corrected chi connectivity index (χ0v) is 10.6. The standard InChI is InChI=1S/C13H15N3O3/c1-18-12-3-2-9(6-11(12)15)13(17)16-4-5-19-10(7-14)8-16/h2-3,6,10H,4-5,8,15H2,1H3. The Morgan fingerprint density at radius 1 is 1.63 bits per heavy atom. The number of methoxy groups -OCH3 is 1. The Labute approximate surface area is 111 Å². The van der Waals surface area contributed by atoms with Crippen LogP contribution >= 0.6 is 0 Å². The van der Waals surface area contributed by atoms with Gasteiger partial charge in [-0.2, -0.15) is 5.26 Å². The van der Waals surface area contributed by atoms with E-state index in [4.69, 9.17) is 20.5 Å². The van der Waals surface area contributed by atoms with Crippen LogP contribution in [0.1, 0.15) is 10.4 Å². The van der Waals surface area contributed by atoms with Crippen molar-refractivity contribution in [1.82, 2.24) is 4.90 Å². The van der Waals surface area contributed by atoms with E-state index in [1.54, 1.807) is 23.1 Å². The van der Waals surface area contributed by atoms with E-state index in [9.17, 15) is 4.79 Å². The van der Waals surface area contributed by atoms with Crippen molar-refractivity contribution in [1.29, 1.82) is 5.26 Å². The highest BCUT2D eigenvalue weighted by molar-refractivity contribution is 5.95. The number of ether oxygens (including phenoxy) is 2. The van der Waals surface area contributed by atoms with Crippen LogP contribution < -0.4 is 10.5 Å². The highest BCUT2D eigenvalue weighted by Crippen LogP contribution is 2.23. The van der Waals surface area contributed by atoms with E-state index in [1.165, 1.54) is 7.11 Å². The van der Waals surface area contributed by atoms with Crippen molar-refractivity contribution in [3.8, 4) is 11.8 Å². The van der Waals surface area contributed by atoms with Gasteiger partial charge in [-0.3, -0.25) is 4.79 Å². The topological polar surface area (TPSA) is 88.6 Å². The van der Waals surface area contributed by atoms with Crippen LogP contribution in [0.25, 0.3) is 0 Å². The molecular weight excluding hydrogens is 246 g/mol. The van der Waals surface area contributed by atoms with Gasteiger partial charge in [0.1, 0.15) is 5.75 Å². The Hall–Kier alpha value is -2.26. The van der Waals surface area contributed by atoms with E-state index < -0.39 is 6.10 Å². The summed E-state index contributed by atoms with van der Waals surface area (Å²) in [6.45, 7) is 1.12. The lowest BCUT2D eigenvalue weighted by Crippen LogP contribution is -2.45. The van der Waals surface area contributed by atoms with Crippen LogP contribution in [0, 0.1) is 11.3 Å². The summed E-state index contributed by atoms with van der Waals surface area (Å²) in [7, 11) is 1.52. The number of nitrogens with two attached hydrogens (primary N) is 1. The third kappa shape index (κ3) is 2.77. The van der Waals surface area contributed by atoms with Crippen LogP contribution in [0.15, 0.2) is 18.2 Å². The van der Waals surface area contributed by atoms with Crippen molar-refractivity contribution >= 4 is 11.6 Å². The lowest BCUT2D eigenvalue weighted by atomic mass is 10.1. The maximum absolute atomic E-state index is 12.3. The predicted octanol–water partition coefficient (Wildman–Crippen LogP) is 0.642. The lowest BCUT2D eigenvalue weighted by Gasteiger charge is -2.29. The number of carbonyl (C=O) groups is 1. The van der Waals surface area contributed by atoms with Gasteiger partial charge in [-0.1, -0.05) is 0 Å². The summed E-state index contributed by atoms with van der Waals surface area (Å²) in [6.07, 6.45) is -0.562. The third-order valence-electron chi connectivity index (χ3n) is 2.97. The van der Waals surface area contributed by atoms with Crippen LogP contribution in [0.2, 0.25) is 0 Å². The molecule has 0 saturated carbocycles. The van der Waals surface area contributed by atoms with Crippen LogP contribution in [-0.4, -0.2) is 43.7 Å². The number of nitriles is 1. The Bertz CT molecular complexity index is 524. The molecule has 1 unspecified atom stereocenters. The zero-order valence-electron chi connectivity index (χ0n) is 10.6. The molecule has 1 aromatic carbocycles. The molecule has 1 fully saturated rings. The maximum Gasteiger partial charge on any atom is 0.254 e. The average molecular weight is 261 g/mol. The number of rotatable bonds is 2. The molecule has 0 radical (unpaired) electrons. The van der Waals surface area contributed by atoms with Crippen LogP contribution in [0.3, 0.4) is 0 Å². The van der Waals surface area contributed by atoms with Crippen molar-refractivity contribution in [3.63, 3.8) is 0 Å². The molecule has 1 aliphatic heterocycles. The molecule has 6 nitrogen and oxygen atoms in total. The second-order valence-electron chi connectivity index (χ2n) is 4.20. The summed E-state index contributed by atoms with van der Waals surface area (Å²) >= 11 is 0. The van der Waals surface area contributed by atoms with Crippen molar-refractivity contribution < 1.29 is 14.3 Å². The SMILES string of the molecule is COc1ccc(C(=O)N2CCOC(C#N)C2)cc1N. The Balaban J connectivity index is 2.15. The molecule has 1 atom stereocenters. The summed E-state index contributed by atoms with van der Waals surface area (Å²) < 4.78 is 10.3. The highest BCUT2D eigenvalue weighted by Gasteiger charge is 2.25. The minimum atomic E-state index is -0.562. The molecule has 100 valence electrons. The van der Waals surface area contributed by atoms with Crippen LogP contribution in [-0.2, 0) is 4.74 Å². The molecule has 6 heteroatoms. The lowest BCUT2D eigenvalue weighted by molar-refractivity contribution is 0.00347. The molecule has 1 saturated heterocycles. The molecular formula is C13H15N3O3. The largest absolute Gasteiger partial charge is 0.495 e. The minimum absolute atomic E-state index is 0.155. The molecule has 2 N–H and O–H groups in total. The van der Waals surface area contributed by atoms with Crippen molar-refractivity contribution in [2.24, 2.45) is 0 Å². The molecule has 19 heavy (non-hydrogen) atoms. The van der Waals surface area contributed by atoms with Gasteiger partial charge >= 0.3 is 0 Å². The molecule has 0 spiro atoms. The van der Waals surface area contributed by atoms with Crippen LogP contribution in [0.4, 0.5) is 5.69 Å². The number of nitrogens with zero attached hydrogens (tertiary/aromatic N) is 2. The first-order chi connectivity index (χ1) is 9.15. The molecule has 1 aromatic rings. The van der Waals surface area contributed by atoms with E-state index in [-0.39, 0.29) is 12.5 Å². The number of morpholine rings is 1. The second kappa shape index (κ2) is 5.59. The molecule has 1 heterocycles. The third-order valence-corrected chi connectivity index (χ3v) is 2.97. The van der Waals surface area contributed by atoms with Gasteiger partial charge in [-0.05, 0) is 18.2 Å². The van der Waals surface area contributed by atoms with E-state index in [0.29, 0.717) is 30.2 Å². The van der Waals surface area contributed by atoms with Gasteiger partial charge in [-0.15, -0.1) is 0 Å². The van der Waals surface area contributed by atoms with Crippen molar-refractivity contribution in [3.05, 3.63) is 23.8 Å². The fourth-order valence-corrected chi connectivity index (χ4v) is 1.96. The minimum Gasteiger partial charge on any atom is -0.495 e. The van der Waals surface area contributed by atoms with Crippen molar-refractivity contribution in [2.75, 3.05) is 32.5 Å².